The van der Waals surface area contributed by atoms with Gasteiger partial charge in [-0.3, -0.25) is 4.98 Å². The van der Waals surface area contributed by atoms with Crippen LogP contribution in [0.4, 0.5) is 0 Å². The number of pyridine rings is 1. The predicted molar refractivity (Wildman–Crippen MR) is 62.3 cm³/mol. The molecule has 0 N–H and O–H groups in total. The lowest BCUT2D eigenvalue weighted by molar-refractivity contribution is 0.875. The second-order valence-corrected chi connectivity index (χ2v) is 3.73. The van der Waals surface area contributed by atoms with Crippen molar-refractivity contribution < 1.29 is 0 Å². The summed E-state index contributed by atoms with van der Waals surface area (Å²) in [5.74, 6) is 0. The van der Waals surface area contributed by atoms with Crippen LogP contribution in [0.1, 0.15) is 44.0 Å². The molecule has 1 rings (SSSR count). The van der Waals surface area contributed by atoms with Gasteiger partial charge in [0, 0.05) is 11.9 Å². The Kier molecular flexibility index (Phi) is 3.87. The fourth-order valence-electron chi connectivity index (χ4n) is 1.53. The Morgan fingerprint density at radius 3 is 2.79 bits per heavy atom. The molecule has 1 heterocycles. The second kappa shape index (κ2) is 4.94. The molecule has 0 amide bonds. The van der Waals surface area contributed by atoms with Gasteiger partial charge in [0.1, 0.15) is 0 Å². The van der Waals surface area contributed by atoms with Crippen molar-refractivity contribution in [2.75, 3.05) is 0 Å². The van der Waals surface area contributed by atoms with E-state index in [4.69, 9.17) is 0 Å². The van der Waals surface area contributed by atoms with Gasteiger partial charge < -0.3 is 0 Å². The molecule has 0 bridgehead atoms. The third-order valence-electron chi connectivity index (χ3n) is 2.45. The topological polar surface area (TPSA) is 12.9 Å². The molecule has 76 valence electrons. The van der Waals surface area contributed by atoms with E-state index in [1.807, 2.05) is 6.20 Å². The first kappa shape index (κ1) is 11.0. The molecule has 1 aromatic rings. The van der Waals surface area contributed by atoms with Crippen LogP contribution in [0.15, 0.2) is 18.3 Å². The van der Waals surface area contributed by atoms with Crippen molar-refractivity contribution in [2.45, 2.75) is 40.5 Å². The molecule has 0 aromatic carbocycles. The molecule has 0 spiro atoms. The molecule has 1 heteroatoms. The zero-order valence-corrected chi connectivity index (χ0v) is 9.59. The first-order valence-corrected chi connectivity index (χ1v) is 5.27. The molecule has 1 nitrogen and oxygen atoms in total. The van der Waals surface area contributed by atoms with Crippen molar-refractivity contribution in [1.29, 1.82) is 0 Å². The van der Waals surface area contributed by atoms with Crippen molar-refractivity contribution >= 4 is 5.57 Å². The largest absolute Gasteiger partial charge is 0.260 e. The highest BCUT2D eigenvalue weighted by molar-refractivity contribution is 5.65. The first-order chi connectivity index (χ1) is 6.69. The van der Waals surface area contributed by atoms with E-state index in [9.17, 15) is 0 Å². The smallest absolute Gasteiger partial charge is 0.0478 e. The molecular formula is C13H19N. The maximum atomic E-state index is 4.50. The lowest BCUT2D eigenvalue weighted by Gasteiger charge is -2.08. The molecule has 0 fully saturated rings. The molecule has 1 aromatic heterocycles. The fraction of sp³-hybridized carbons (Fsp3) is 0.462. The average molecular weight is 189 g/mol. The third-order valence-corrected chi connectivity index (χ3v) is 2.45. The van der Waals surface area contributed by atoms with E-state index in [1.165, 1.54) is 22.4 Å². The van der Waals surface area contributed by atoms with Crippen molar-refractivity contribution in [2.24, 2.45) is 0 Å². The SMILES string of the molecule is C/C=C(/C)c1cc(C)cnc1CCC. The number of hydrogen-bond acceptors (Lipinski definition) is 1. The maximum Gasteiger partial charge on any atom is 0.0478 e. The monoisotopic (exact) mass is 189 g/mol. The summed E-state index contributed by atoms with van der Waals surface area (Å²) in [6, 6.07) is 2.23. The predicted octanol–water partition coefficient (Wildman–Crippen LogP) is 3.77. The number of rotatable bonds is 3. The molecular weight excluding hydrogens is 170 g/mol. The van der Waals surface area contributed by atoms with Gasteiger partial charge in [-0.25, -0.2) is 0 Å². The van der Waals surface area contributed by atoms with Crippen molar-refractivity contribution in [1.82, 2.24) is 4.98 Å². The molecule has 0 saturated carbocycles. The van der Waals surface area contributed by atoms with Gasteiger partial charge in [0.2, 0.25) is 0 Å². The van der Waals surface area contributed by atoms with E-state index < -0.39 is 0 Å². The summed E-state index contributed by atoms with van der Waals surface area (Å²) in [6.07, 6.45) is 6.33. The van der Waals surface area contributed by atoms with Crippen LogP contribution in [-0.4, -0.2) is 4.98 Å². The summed E-state index contributed by atoms with van der Waals surface area (Å²) >= 11 is 0. The van der Waals surface area contributed by atoms with Crippen LogP contribution in [-0.2, 0) is 6.42 Å². The summed E-state index contributed by atoms with van der Waals surface area (Å²) < 4.78 is 0. The Bertz CT molecular complexity index is 337. The van der Waals surface area contributed by atoms with Gasteiger partial charge in [0.25, 0.3) is 0 Å². The van der Waals surface area contributed by atoms with Crippen LogP contribution < -0.4 is 0 Å². The van der Waals surface area contributed by atoms with Crippen LogP contribution in [0.3, 0.4) is 0 Å². The minimum absolute atomic E-state index is 1.07. The minimum atomic E-state index is 1.07. The van der Waals surface area contributed by atoms with E-state index >= 15 is 0 Å². The first-order valence-electron chi connectivity index (χ1n) is 5.27. The Morgan fingerprint density at radius 2 is 2.21 bits per heavy atom. The summed E-state index contributed by atoms with van der Waals surface area (Å²) in [4.78, 5) is 4.50. The van der Waals surface area contributed by atoms with Gasteiger partial charge in [-0.1, -0.05) is 19.4 Å². The van der Waals surface area contributed by atoms with Crippen LogP contribution in [0.5, 0.6) is 0 Å². The normalized spacial score (nSPS) is 11.9. The lowest BCUT2D eigenvalue weighted by atomic mass is 10.0. The van der Waals surface area contributed by atoms with E-state index in [2.05, 4.69) is 44.8 Å². The van der Waals surface area contributed by atoms with Crippen LogP contribution >= 0.6 is 0 Å². The molecule has 0 aliphatic carbocycles. The van der Waals surface area contributed by atoms with Crippen molar-refractivity contribution in [3.8, 4) is 0 Å². The van der Waals surface area contributed by atoms with Crippen molar-refractivity contribution in [3.05, 3.63) is 35.2 Å². The fourth-order valence-corrected chi connectivity index (χ4v) is 1.53. The number of nitrogens with zero attached hydrogens (tertiary/aromatic N) is 1. The summed E-state index contributed by atoms with van der Waals surface area (Å²) in [7, 11) is 0. The van der Waals surface area contributed by atoms with Gasteiger partial charge >= 0.3 is 0 Å². The van der Waals surface area contributed by atoms with Gasteiger partial charge in [0.15, 0.2) is 0 Å². The van der Waals surface area contributed by atoms with E-state index in [1.54, 1.807) is 0 Å². The van der Waals surface area contributed by atoms with Crippen LogP contribution in [0.2, 0.25) is 0 Å². The lowest BCUT2D eigenvalue weighted by Crippen LogP contribution is -1.96. The quantitative estimate of drug-likeness (QED) is 0.705. The molecule has 0 unspecified atom stereocenters. The Balaban J connectivity index is 3.15. The second-order valence-electron chi connectivity index (χ2n) is 3.73. The third kappa shape index (κ3) is 2.44. The Labute approximate surface area is 86.9 Å². The number of aryl methyl sites for hydroxylation is 2. The van der Waals surface area contributed by atoms with E-state index in [0.717, 1.165) is 12.8 Å². The zero-order chi connectivity index (χ0) is 10.6. The summed E-state index contributed by atoms with van der Waals surface area (Å²) in [6.45, 7) is 8.51. The molecule has 0 saturated heterocycles. The van der Waals surface area contributed by atoms with Crippen LogP contribution in [0, 0.1) is 6.92 Å². The maximum absolute atomic E-state index is 4.50. The molecule has 0 atom stereocenters. The zero-order valence-electron chi connectivity index (χ0n) is 9.59. The Hall–Kier alpha value is -1.11. The standard InChI is InChI=1S/C13H19N/c1-5-7-13-12(11(4)6-2)8-10(3)9-14-13/h6,8-9H,5,7H2,1-4H3/b11-6-. The molecule has 0 aliphatic heterocycles. The number of aromatic nitrogens is 1. The highest BCUT2D eigenvalue weighted by Crippen LogP contribution is 2.19. The number of allylic oxidation sites excluding steroid dienone is 2. The van der Waals surface area contributed by atoms with E-state index in [-0.39, 0.29) is 0 Å². The summed E-state index contributed by atoms with van der Waals surface area (Å²) in [5, 5.41) is 0. The van der Waals surface area contributed by atoms with Gasteiger partial charge in [-0.15, -0.1) is 0 Å². The van der Waals surface area contributed by atoms with Gasteiger partial charge in [-0.05, 0) is 50.0 Å². The molecule has 14 heavy (non-hydrogen) atoms. The Morgan fingerprint density at radius 1 is 1.50 bits per heavy atom. The number of hydrogen-bond donors (Lipinski definition) is 0. The molecule has 0 radical (unpaired) electrons. The highest BCUT2D eigenvalue weighted by Gasteiger charge is 2.04. The van der Waals surface area contributed by atoms with E-state index in [0.29, 0.717) is 0 Å². The van der Waals surface area contributed by atoms with Gasteiger partial charge in [0.05, 0.1) is 0 Å². The highest BCUT2D eigenvalue weighted by atomic mass is 14.7. The van der Waals surface area contributed by atoms with Crippen molar-refractivity contribution in [3.63, 3.8) is 0 Å². The molecule has 0 aliphatic rings. The average Bonchev–Trinajstić information content (AvgIpc) is 2.20. The summed E-state index contributed by atoms with van der Waals surface area (Å²) in [5.41, 5.74) is 5.11. The van der Waals surface area contributed by atoms with Gasteiger partial charge in [-0.2, -0.15) is 0 Å². The minimum Gasteiger partial charge on any atom is -0.260 e. The van der Waals surface area contributed by atoms with Crippen LogP contribution in [0.25, 0.3) is 5.57 Å².